The van der Waals surface area contributed by atoms with Crippen molar-refractivity contribution in [1.82, 2.24) is 4.90 Å². The van der Waals surface area contributed by atoms with Gasteiger partial charge in [0.2, 0.25) is 0 Å². The number of hydrogen-bond acceptors (Lipinski definition) is 1. The highest BCUT2D eigenvalue weighted by molar-refractivity contribution is 5.79. The molecule has 0 spiro atoms. The lowest BCUT2D eigenvalue weighted by Crippen LogP contribution is -2.37. The van der Waals surface area contributed by atoms with Crippen molar-refractivity contribution in [3.05, 3.63) is 0 Å². The zero-order valence-corrected chi connectivity index (χ0v) is 8.97. The number of likely N-dealkylation sites (tertiary alicyclic amines) is 1. The van der Waals surface area contributed by atoms with Crippen LogP contribution >= 0.6 is 0 Å². The van der Waals surface area contributed by atoms with Gasteiger partial charge in [0.15, 0.2) is 0 Å². The number of nitrogens with one attached hydrogen (secondary N) is 1. The standard InChI is InChI=1S/C11H22N2/c1-3-7-11(12)13-9-6-4-5-8-10(13)2/h10,12H,3-9H2,1-2H3. The highest BCUT2D eigenvalue weighted by Crippen LogP contribution is 2.17. The van der Waals surface area contributed by atoms with Crippen molar-refractivity contribution in [3.8, 4) is 0 Å². The maximum atomic E-state index is 7.94. The molecule has 0 bridgehead atoms. The molecule has 1 atom stereocenters. The second-order valence-electron chi connectivity index (χ2n) is 4.09. The van der Waals surface area contributed by atoms with Gasteiger partial charge in [-0.3, -0.25) is 5.41 Å². The Kier molecular flexibility index (Phi) is 4.26. The third-order valence-corrected chi connectivity index (χ3v) is 2.89. The zero-order chi connectivity index (χ0) is 9.68. The van der Waals surface area contributed by atoms with E-state index in [0.717, 1.165) is 25.2 Å². The van der Waals surface area contributed by atoms with E-state index in [-0.39, 0.29) is 0 Å². The fourth-order valence-corrected chi connectivity index (χ4v) is 2.06. The highest BCUT2D eigenvalue weighted by Gasteiger charge is 2.18. The Labute approximate surface area is 81.8 Å². The van der Waals surface area contributed by atoms with Gasteiger partial charge in [0, 0.05) is 19.0 Å². The van der Waals surface area contributed by atoms with Crippen LogP contribution in [-0.4, -0.2) is 23.3 Å². The van der Waals surface area contributed by atoms with Crippen LogP contribution in [0.15, 0.2) is 0 Å². The molecule has 1 saturated heterocycles. The molecule has 0 saturated carbocycles. The van der Waals surface area contributed by atoms with Gasteiger partial charge in [-0.2, -0.15) is 0 Å². The minimum Gasteiger partial charge on any atom is -0.358 e. The van der Waals surface area contributed by atoms with E-state index in [4.69, 9.17) is 5.41 Å². The van der Waals surface area contributed by atoms with Crippen LogP contribution in [0.1, 0.15) is 52.4 Å². The predicted octanol–water partition coefficient (Wildman–Crippen LogP) is 3.03. The molecule has 1 fully saturated rings. The third kappa shape index (κ3) is 3.02. The van der Waals surface area contributed by atoms with Crippen molar-refractivity contribution in [3.63, 3.8) is 0 Å². The van der Waals surface area contributed by atoms with E-state index < -0.39 is 0 Å². The molecular weight excluding hydrogens is 160 g/mol. The molecule has 0 aromatic carbocycles. The van der Waals surface area contributed by atoms with Gasteiger partial charge in [-0.25, -0.2) is 0 Å². The summed E-state index contributed by atoms with van der Waals surface area (Å²) in [6.07, 6.45) is 7.28. The Balaban J connectivity index is 2.48. The first-order chi connectivity index (χ1) is 6.25. The summed E-state index contributed by atoms with van der Waals surface area (Å²) < 4.78 is 0. The Morgan fingerprint density at radius 3 is 2.85 bits per heavy atom. The largest absolute Gasteiger partial charge is 0.358 e. The summed E-state index contributed by atoms with van der Waals surface area (Å²) in [5.41, 5.74) is 0. The molecule has 1 heterocycles. The van der Waals surface area contributed by atoms with E-state index in [2.05, 4.69) is 18.7 Å². The molecule has 13 heavy (non-hydrogen) atoms. The topological polar surface area (TPSA) is 27.1 Å². The van der Waals surface area contributed by atoms with Crippen LogP contribution in [0.3, 0.4) is 0 Å². The molecule has 0 aromatic heterocycles. The van der Waals surface area contributed by atoms with Gasteiger partial charge in [-0.1, -0.05) is 19.8 Å². The fraction of sp³-hybridized carbons (Fsp3) is 0.909. The molecule has 1 N–H and O–H groups in total. The maximum Gasteiger partial charge on any atom is 0.0959 e. The Morgan fingerprint density at radius 1 is 1.38 bits per heavy atom. The van der Waals surface area contributed by atoms with Crippen LogP contribution in [0.4, 0.5) is 0 Å². The van der Waals surface area contributed by atoms with E-state index in [9.17, 15) is 0 Å². The molecule has 0 aromatic rings. The van der Waals surface area contributed by atoms with Crippen LogP contribution in [0, 0.1) is 5.41 Å². The Bertz CT molecular complexity index is 165. The second kappa shape index (κ2) is 5.25. The summed E-state index contributed by atoms with van der Waals surface area (Å²) in [7, 11) is 0. The summed E-state index contributed by atoms with van der Waals surface area (Å²) in [6, 6.07) is 0.599. The van der Waals surface area contributed by atoms with Crippen molar-refractivity contribution in [2.45, 2.75) is 58.4 Å². The molecular formula is C11H22N2. The second-order valence-corrected chi connectivity index (χ2v) is 4.09. The predicted molar refractivity (Wildman–Crippen MR) is 57.3 cm³/mol. The Hall–Kier alpha value is -0.530. The fourth-order valence-electron chi connectivity index (χ4n) is 2.06. The molecule has 76 valence electrons. The average molecular weight is 182 g/mol. The number of nitrogens with zero attached hydrogens (tertiary/aromatic N) is 1. The molecule has 1 aliphatic rings. The number of amidine groups is 1. The van der Waals surface area contributed by atoms with Crippen LogP contribution in [0.25, 0.3) is 0 Å². The molecule has 1 rings (SSSR count). The quantitative estimate of drug-likeness (QED) is 0.516. The lowest BCUT2D eigenvalue weighted by molar-refractivity contribution is 0.327. The molecule has 1 aliphatic heterocycles. The molecule has 2 heteroatoms. The molecule has 0 aliphatic carbocycles. The normalized spacial score (nSPS) is 24.2. The van der Waals surface area contributed by atoms with Gasteiger partial charge in [-0.15, -0.1) is 0 Å². The molecule has 0 radical (unpaired) electrons. The monoisotopic (exact) mass is 182 g/mol. The van der Waals surface area contributed by atoms with Crippen molar-refractivity contribution >= 4 is 5.84 Å². The van der Waals surface area contributed by atoms with E-state index in [1.807, 2.05) is 0 Å². The van der Waals surface area contributed by atoms with Gasteiger partial charge in [0.05, 0.1) is 5.84 Å². The number of rotatable bonds is 2. The molecule has 2 nitrogen and oxygen atoms in total. The van der Waals surface area contributed by atoms with Crippen molar-refractivity contribution in [2.75, 3.05) is 6.54 Å². The van der Waals surface area contributed by atoms with Crippen molar-refractivity contribution in [1.29, 1.82) is 5.41 Å². The van der Waals surface area contributed by atoms with Gasteiger partial charge in [0.25, 0.3) is 0 Å². The minimum atomic E-state index is 0.599. The smallest absolute Gasteiger partial charge is 0.0959 e. The SMILES string of the molecule is CCCC(=N)N1CCCCCC1C. The number of hydrogen-bond donors (Lipinski definition) is 1. The van der Waals surface area contributed by atoms with E-state index in [0.29, 0.717) is 6.04 Å². The van der Waals surface area contributed by atoms with Crippen LogP contribution in [0.5, 0.6) is 0 Å². The van der Waals surface area contributed by atoms with Crippen LogP contribution in [-0.2, 0) is 0 Å². The highest BCUT2D eigenvalue weighted by atomic mass is 15.2. The first-order valence-corrected chi connectivity index (χ1v) is 5.59. The summed E-state index contributed by atoms with van der Waals surface area (Å²) in [6.45, 7) is 5.52. The lowest BCUT2D eigenvalue weighted by atomic mass is 10.1. The summed E-state index contributed by atoms with van der Waals surface area (Å²) in [5, 5.41) is 7.94. The average Bonchev–Trinajstić information content (AvgIpc) is 2.30. The first kappa shape index (κ1) is 10.6. The molecule has 1 unspecified atom stereocenters. The van der Waals surface area contributed by atoms with Crippen molar-refractivity contribution < 1.29 is 0 Å². The van der Waals surface area contributed by atoms with Gasteiger partial charge in [0.1, 0.15) is 0 Å². The van der Waals surface area contributed by atoms with E-state index in [1.54, 1.807) is 0 Å². The van der Waals surface area contributed by atoms with E-state index >= 15 is 0 Å². The minimum absolute atomic E-state index is 0.599. The third-order valence-electron chi connectivity index (χ3n) is 2.89. The summed E-state index contributed by atoms with van der Waals surface area (Å²) >= 11 is 0. The van der Waals surface area contributed by atoms with E-state index in [1.165, 1.54) is 25.7 Å². The lowest BCUT2D eigenvalue weighted by Gasteiger charge is -2.29. The van der Waals surface area contributed by atoms with Crippen LogP contribution < -0.4 is 0 Å². The van der Waals surface area contributed by atoms with Crippen molar-refractivity contribution in [2.24, 2.45) is 0 Å². The van der Waals surface area contributed by atoms with Crippen LogP contribution in [0.2, 0.25) is 0 Å². The molecule has 0 amide bonds. The zero-order valence-electron chi connectivity index (χ0n) is 8.97. The summed E-state index contributed by atoms with van der Waals surface area (Å²) in [4.78, 5) is 2.30. The van der Waals surface area contributed by atoms with Gasteiger partial charge < -0.3 is 4.90 Å². The summed E-state index contributed by atoms with van der Waals surface area (Å²) in [5.74, 6) is 0.858. The van der Waals surface area contributed by atoms with Gasteiger partial charge in [-0.05, 0) is 26.2 Å². The maximum absolute atomic E-state index is 7.94. The first-order valence-electron chi connectivity index (χ1n) is 5.59. The Morgan fingerprint density at radius 2 is 2.15 bits per heavy atom. The van der Waals surface area contributed by atoms with Gasteiger partial charge >= 0.3 is 0 Å².